The Morgan fingerprint density at radius 2 is 1.72 bits per heavy atom. The number of carbonyl (C=O) groups is 1. The molecule has 1 aliphatic heterocycles. The summed E-state index contributed by atoms with van der Waals surface area (Å²) in [5.41, 5.74) is 5.47. The number of aromatic nitrogens is 1. The largest absolute Gasteiger partial charge is 0.497 e. The van der Waals surface area contributed by atoms with Crippen molar-refractivity contribution in [2.24, 2.45) is 0 Å². The molecule has 2 heterocycles. The number of ether oxygens (including phenoxy) is 1. The predicted molar refractivity (Wildman–Crippen MR) is 147 cm³/mol. The van der Waals surface area contributed by atoms with Crippen LogP contribution in [0.15, 0.2) is 78.2 Å². The Bertz CT molecular complexity index is 1310. The van der Waals surface area contributed by atoms with Gasteiger partial charge >= 0.3 is 0 Å². The zero-order valence-electron chi connectivity index (χ0n) is 20.6. The number of thiazole rings is 1. The minimum Gasteiger partial charge on any atom is -0.497 e. The van der Waals surface area contributed by atoms with Crippen LogP contribution in [0, 0.1) is 0 Å². The molecule has 1 N–H and O–H groups in total. The van der Waals surface area contributed by atoms with E-state index in [0.29, 0.717) is 5.56 Å². The molecule has 1 amide bonds. The van der Waals surface area contributed by atoms with Gasteiger partial charge in [-0.05, 0) is 42.9 Å². The van der Waals surface area contributed by atoms with Crippen LogP contribution >= 0.6 is 11.3 Å². The van der Waals surface area contributed by atoms with Crippen LogP contribution < -0.4 is 10.1 Å². The monoisotopic (exact) mass is 498 g/mol. The number of methoxy groups -OCH3 is 1. The lowest BCUT2D eigenvalue weighted by Gasteiger charge is -2.32. The van der Waals surface area contributed by atoms with E-state index in [2.05, 4.69) is 39.7 Å². The fraction of sp³-hybridized carbons (Fsp3) is 0.241. The third kappa shape index (κ3) is 5.65. The van der Waals surface area contributed by atoms with Crippen LogP contribution in [-0.2, 0) is 6.54 Å². The van der Waals surface area contributed by atoms with E-state index in [1.165, 1.54) is 0 Å². The van der Waals surface area contributed by atoms with Crippen LogP contribution in [0.25, 0.3) is 21.8 Å². The van der Waals surface area contributed by atoms with Crippen LogP contribution in [0.3, 0.4) is 0 Å². The maximum absolute atomic E-state index is 13.3. The van der Waals surface area contributed by atoms with E-state index in [4.69, 9.17) is 9.72 Å². The first-order valence-electron chi connectivity index (χ1n) is 12.1. The molecule has 1 aromatic heterocycles. The molecule has 5 rings (SSSR count). The molecule has 1 saturated heterocycles. The van der Waals surface area contributed by atoms with E-state index in [0.717, 1.165) is 71.6 Å². The van der Waals surface area contributed by atoms with Crippen molar-refractivity contribution in [1.29, 1.82) is 0 Å². The molecule has 1 aliphatic rings. The van der Waals surface area contributed by atoms with Crippen molar-refractivity contribution in [2.75, 3.05) is 45.7 Å². The number of carbonyl (C=O) groups excluding carboxylic acids is 1. The van der Waals surface area contributed by atoms with Gasteiger partial charge in [0.25, 0.3) is 5.91 Å². The van der Waals surface area contributed by atoms with Gasteiger partial charge in [-0.2, -0.15) is 0 Å². The quantitative estimate of drug-likeness (QED) is 0.365. The normalized spacial score (nSPS) is 14.5. The van der Waals surface area contributed by atoms with E-state index >= 15 is 0 Å². The lowest BCUT2D eigenvalue weighted by Crippen LogP contribution is -2.44. The Morgan fingerprint density at radius 3 is 2.44 bits per heavy atom. The highest BCUT2D eigenvalue weighted by Gasteiger charge is 2.19. The number of hydrogen-bond acceptors (Lipinski definition) is 6. The Morgan fingerprint density at radius 1 is 0.972 bits per heavy atom. The highest BCUT2D eigenvalue weighted by molar-refractivity contribution is 7.13. The molecule has 0 bridgehead atoms. The van der Waals surface area contributed by atoms with Gasteiger partial charge in [-0.1, -0.05) is 42.5 Å². The first-order valence-corrected chi connectivity index (χ1v) is 13.0. The number of hydrogen-bond donors (Lipinski definition) is 1. The Kier molecular flexibility index (Phi) is 7.41. The number of anilines is 1. The van der Waals surface area contributed by atoms with Gasteiger partial charge in [0.05, 0.1) is 12.8 Å². The average Bonchev–Trinajstić information content (AvgIpc) is 3.41. The van der Waals surface area contributed by atoms with Crippen LogP contribution in [-0.4, -0.2) is 61.0 Å². The van der Waals surface area contributed by atoms with Gasteiger partial charge in [0, 0.05) is 60.5 Å². The summed E-state index contributed by atoms with van der Waals surface area (Å²) in [4.78, 5) is 22.8. The number of piperazine rings is 1. The van der Waals surface area contributed by atoms with Gasteiger partial charge in [0.1, 0.15) is 10.8 Å². The fourth-order valence-electron chi connectivity index (χ4n) is 4.34. The molecule has 3 aromatic carbocycles. The van der Waals surface area contributed by atoms with Crippen molar-refractivity contribution in [3.05, 3.63) is 89.3 Å². The lowest BCUT2D eigenvalue weighted by atomic mass is 10.0. The van der Waals surface area contributed by atoms with Crippen molar-refractivity contribution in [2.45, 2.75) is 6.54 Å². The van der Waals surface area contributed by atoms with Crippen LogP contribution in [0.5, 0.6) is 5.75 Å². The summed E-state index contributed by atoms with van der Waals surface area (Å²) in [6, 6.07) is 23.7. The van der Waals surface area contributed by atoms with Gasteiger partial charge in [-0.15, -0.1) is 11.3 Å². The van der Waals surface area contributed by atoms with Crippen LogP contribution in [0.1, 0.15) is 15.9 Å². The molecular formula is C29H30N4O2S. The molecule has 36 heavy (non-hydrogen) atoms. The third-order valence-electron chi connectivity index (χ3n) is 6.51. The Hall–Kier alpha value is -3.52. The second kappa shape index (κ2) is 11.0. The zero-order valence-corrected chi connectivity index (χ0v) is 21.4. The molecule has 0 atom stereocenters. The van der Waals surface area contributed by atoms with Gasteiger partial charge < -0.3 is 15.0 Å². The molecular weight excluding hydrogens is 468 g/mol. The first-order chi connectivity index (χ1) is 17.6. The summed E-state index contributed by atoms with van der Waals surface area (Å²) in [5, 5.41) is 6.13. The number of likely N-dealkylation sites (N-methyl/N-ethyl adjacent to an activating group) is 1. The van der Waals surface area contributed by atoms with Crippen molar-refractivity contribution in [3.63, 3.8) is 0 Å². The molecule has 4 aromatic rings. The van der Waals surface area contributed by atoms with Gasteiger partial charge in [0.2, 0.25) is 0 Å². The number of benzene rings is 3. The molecule has 0 aliphatic carbocycles. The highest BCUT2D eigenvalue weighted by Crippen LogP contribution is 2.29. The maximum atomic E-state index is 13.3. The number of nitrogens with zero attached hydrogens (tertiary/aromatic N) is 3. The Balaban J connectivity index is 1.29. The summed E-state index contributed by atoms with van der Waals surface area (Å²) in [7, 11) is 3.80. The van der Waals surface area contributed by atoms with Crippen LogP contribution in [0.4, 0.5) is 5.69 Å². The SMILES string of the molecule is COc1ccc(C(=O)Nc2ccc(-c3csc(-c4ccccc4)n3)cc2)c(CN2CCN(C)CC2)c1. The molecule has 1 fully saturated rings. The van der Waals surface area contributed by atoms with E-state index in [1.807, 2.05) is 60.7 Å². The van der Waals surface area contributed by atoms with E-state index in [1.54, 1.807) is 18.4 Å². The number of nitrogens with one attached hydrogen (secondary N) is 1. The molecule has 6 nitrogen and oxygen atoms in total. The minimum atomic E-state index is -0.116. The van der Waals surface area contributed by atoms with Gasteiger partial charge in [-0.3, -0.25) is 9.69 Å². The van der Waals surface area contributed by atoms with Gasteiger partial charge in [0.15, 0.2) is 0 Å². The third-order valence-corrected chi connectivity index (χ3v) is 7.40. The smallest absolute Gasteiger partial charge is 0.255 e. The average molecular weight is 499 g/mol. The first kappa shape index (κ1) is 24.2. The maximum Gasteiger partial charge on any atom is 0.255 e. The molecule has 0 saturated carbocycles. The molecule has 184 valence electrons. The van der Waals surface area contributed by atoms with Crippen molar-refractivity contribution >= 4 is 22.9 Å². The molecule has 0 unspecified atom stereocenters. The summed E-state index contributed by atoms with van der Waals surface area (Å²) < 4.78 is 5.44. The number of rotatable bonds is 7. The summed E-state index contributed by atoms with van der Waals surface area (Å²) in [5.74, 6) is 0.646. The van der Waals surface area contributed by atoms with Crippen molar-refractivity contribution in [1.82, 2.24) is 14.8 Å². The van der Waals surface area contributed by atoms with Crippen molar-refractivity contribution < 1.29 is 9.53 Å². The van der Waals surface area contributed by atoms with E-state index < -0.39 is 0 Å². The number of amides is 1. The van der Waals surface area contributed by atoms with Crippen molar-refractivity contribution in [3.8, 4) is 27.6 Å². The second-order valence-electron chi connectivity index (χ2n) is 9.04. The summed E-state index contributed by atoms with van der Waals surface area (Å²) >= 11 is 1.63. The van der Waals surface area contributed by atoms with E-state index in [-0.39, 0.29) is 5.91 Å². The van der Waals surface area contributed by atoms with Gasteiger partial charge in [-0.25, -0.2) is 4.98 Å². The van der Waals surface area contributed by atoms with Crippen LogP contribution in [0.2, 0.25) is 0 Å². The Labute approximate surface area is 216 Å². The fourth-order valence-corrected chi connectivity index (χ4v) is 5.17. The molecule has 0 spiro atoms. The summed E-state index contributed by atoms with van der Waals surface area (Å²) in [6.07, 6.45) is 0. The molecule has 7 heteroatoms. The predicted octanol–water partition coefficient (Wildman–Crippen LogP) is 5.49. The lowest BCUT2D eigenvalue weighted by molar-refractivity contribution is 0.102. The second-order valence-corrected chi connectivity index (χ2v) is 9.90. The van der Waals surface area contributed by atoms with E-state index in [9.17, 15) is 4.79 Å². The highest BCUT2D eigenvalue weighted by atomic mass is 32.1. The topological polar surface area (TPSA) is 57.7 Å². The standard InChI is InChI=1S/C29H30N4O2S/c1-32-14-16-33(17-15-32)19-23-18-25(35-2)12-13-26(23)28(34)30-24-10-8-21(9-11-24)27-20-36-29(31-27)22-6-4-3-5-7-22/h3-13,18,20H,14-17,19H2,1-2H3,(H,30,34). The summed E-state index contributed by atoms with van der Waals surface area (Å²) in [6.45, 7) is 4.76. The molecule has 0 radical (unpaired) electrons. The minimum absolute atomic E-state index is 0.116. The zero-order chi connectivity index (χ0) is 24.9.